The summed E-state index contributed by atoms with van der Waals surface area (Å²) in [6.45, 7) is 3.79. The summed E-state index contributed by atoms with van der Waals surface area (Å²) in [5.41, 5.74) is 2.78. The van der Waals surface area contributed by atoms with Gasteiger partial charge in [0.05, 0.1) is 49.5 Å². The molecule has 0 aliphatic carbocycles. The molecular formula is C24H27N3O5. The summed E-state index contributed by atoms with van der Waals surface area (Å²) < 4.78 is 17.1. The Morgan fingerprint density at radius 3 is 2.31 bits per heavy atom. The van der Waals surface area contributed by atoms with Crippen LogP contribution in [0.3, 0.4) is 0 Å². The molecule has 168 valence electrons. The van der Waals surface area contributed by atoms with E-state index in [1.807, 2.05) is 37.3 Å². The molecule has 1 aromatic heterocycles. The molecule has 0 saturated carbocycles. The van der Waals surface area contributed by atoms with E-state index in [1.54, 1.807) is 13.0 Å². The third kappa shape index (κ3) is 4.44. The highest BCUT2D eigenvalue weighted by Gasteiger charge is 2.21. The third-order valence-electron chi connectivity index (χ3n) is 5.04. The molecule has 0 bridgehead atoms. The van der Waals surface area contributed by atoms with E-state index in [-0.39, 0.29) is 11.1 Å². The van der Waals surface area contributed by atoms with Crippen LogP contribution in [0.25, 0.3) is 5.69 Å². The molecule has 0 aliphatic rings. The lowest BCUT2D eigenvalue weighted by molar-refractivity contribution is 0.0601. The molecule has 0 amide bonds. The number of aliphatic imine (C=N–C) groups is 1. The number of para-hydroxylation sites is 1. The number of nitrogens with zero attached hydrogens (tertiary/aromatic N) is 2. The molecule has 0 saturated heterocycles. The Morgan fingerprint density at radius 2 is 1.72 bits per heavy atom. The minimum absolute atomic E-state index is 0.207. The number of H-pyrrole nitrogens is 1. The van der Waals surface area contributed by atoms with Crippen molar-refractivity contribution in [1.29, 1.82) is 0 Å². The molecule has 3 rings (SSSR count). The number of nitrogens with one attached hydrogen (secondary N) is 1. The lowest BCUT2D eigenvalue weighted by Crippen LogP contribution is -2.19. The molecule has 0 aliphatic heterocycles. The average Bonchev–Trinajstić information content (AvgIpc) is 3.14. The van der Waals surface area contributed by atoms with E-state index < -0.39 is 5.97 Å². The van der Waals surface area contributed by atoms with Crippen molar-refractivity contribution in [3.8, 4) is 17.2 Å². The van der Waals surface area contributed by atoms with Crippen molar-refractivity contribution in [3.63, 3.8) is 0 Å². The molecule has 2 aromatic carbocycles. The number of hydrogen-bond donors (Lipinski definition) is 1. The number of aryl methyl sites for hydroxylation is 1. The Balaban J connectivity index is 2.20. The van der Waals surface area contributed by atoms with Gasteiger partial charge in [-0.15, -0.1) is 0 Å². The van der Waals surface area contributed by atoms with Gasteiger partial charge in [-0.05, 0) is 25.5 Å². The van der Waals surface area contributed by atoms with Crippen LogP contribution in [0.2, 0.25) is 0 Å². The maximum absolute atomic E-state index is 13.3. The predicted octanol–water partition coefficient (Wildman–Crippen LogP) is 4.06. The Morgan fingerprint density at radius 1 is 1.06 bits per heavy atom. The number of benzene rings is 2. The van der Waals surface area contributed by atoms with E-state index in [9.17, 15) is 9.59 Å². The number of esters is 1. The zero-order valence-corrected chi connectivity index (χ0v) is 18.9. The smallest absolute Gasteiger partial charge is 0.340 e. The summed E-state index contributed by atoms with van der Waals surface area (Å²) in [6, 6.07) is 12.5. The van der Waals surface area contributed by atoms with E-state index in [0.29, 0.717) is 34.9 Å². The van der Waals surface area contributed by atoms with E-state index in [0.717, 1.165) is 17.8 Å². The fourth-order valence-corrected chi connectivity index (χ4v) is 3.52. The van der Waals surface area contributed by atoms with Gasteiger partial charge in [0, 0.05) is 17.8 Å². The normalized spacial score (nSPS) is 11.3. The maximum atomic E-state index is 13.3. The van der Waals surface area contributed by atoms with Crippen molar-refractivity contribution in [2.45, 2.75) is 26.7 Å². The van der Waals surface area contributed by atoms with Crippen LogP contribution in [0.15, 0.2) is 52.3 Å². The standard InChI is InChI=1S/C24H27N3O5/c1-6-10-18-22(23(28)27(26-18)16-11-8-7-9-12-16)15(2)25-19-14-21(31-4)20(30-3)13-17(19)24(29)32-5/h7-9,11-14,26H,6,10H2,1-5H3. The minimum atomic E-state index is -0.568. The van der Waals surface area contributed by atoms with E-state index in [2.05, 4.69) is 10.1 Å². The van der Waals surface area contributed by atoms with Gasteiger partial charge in [-0.3, -0.25) is 14.9 Å². The fourth-order valence-electron chi connectivity index (χ4n) is 3.52. The van der Waals surface area contributed by atoms with Gasteiger partial charge in [0.2, 0.25) is 0 Å². The molecule has 1 N–H and O–H groups in total. The quantitative estimate of drug-likeness (QED) is 0.424. The molecule has 0 radical (unpaired) electrons. The van der Waals surface area contributed by atoms with Crippen LogP contribution in [0.4, 0.5) is 5.69 Å². The van der Waals surface area contributed by atoms with Crippen molar-refractivity contribution in [3.05, 3.63) is 69.6 Å². The molecule has 8 nitrogen and oxygen atoms in total. The van der Waals surface area contributed by atoms with Crippen molar-refractivity contribution in [2.24, 2.45) is 4.99 Å². The molecule has 32 heavy (non-hydrogen) atoms. The molecule has 0 spiro atoms. The molecule has 3 aromatic rings. The molecule has 1 heterocycles. The first kappa shape index (κ1) is 22.9. The number of ether oxygens (including phenoxy) is 3. The first-order chi connectivity index (χ1) is 15.4. The Labute approximate surface area is 186 Å². The number of aromatic amines is 1. The van der Waals surface area contributed by atoms with Gasteiger partial charge in [-0.1, -0.05) is 31.5 Å². The Hall–Kier alpha value is -3.81. The summed E-state index contributed by atoms with van der Waals surface area (Å²) in [5, 5.41) is 3.21. The number of carbonyl (C=O) groups is 1. The van der Waals surface area contributed by atoms with Gasteiger partial charge in [-0.25, -0.2) is 9.48 Å². The topological polar surface area (TPSA) is 94.9 Å². The van der Waals surface area contributed by atoms with Gasteiger partial charge in [0.1, 0.15) is 0 Å². The summed E-state index contributed by atoms with van der Waals surface area (Å²) >= 11 is 0. The van der Waals surface area contributed by atoms with Crippen LogP contribution in [-0.2, 0) is 11.2 Å². The Kier molecular flexibility index (Phi) is 7.14. The zero-order chi connectivity index (χ0) is 23.3. The highest BCUT2D eigenvalue weighted by atomic mass is 16.5. The van der Waals surface area contributed by atoms with Gasteiger partial charge < -0.3 is 14.2 Å². The first-order valence-electron chi connectivity index (χ1n) is 10.2. The van der Waals surface area contributed by atoms with Crippen LogP contribution in [-0.4, -0.2) is 42.8 Å². The van der Waals surface area contributed by atoms with Crippen molar-refractivity contribution in [2.75, 3.05) is 21.3 Å². The number of methoxy groups -OCH3 is 3. The molecular weight excluding hydrogens is 410 g/mol. The van der Waals surface area contributed by atoms with Crippen LogP contribution >= 0.6 is 0 Å². The van der Waals surface area contributed by atoms with Crippen molar-refractivity contribution in [1.82, 2.24) is 9.78 Å². The van der Waals surface area contributed by atoms with Crippen LogP contribution in [0.5, 0.6) is 11.5 Å². The summed E-state index contributed by atoms with van der Waals surface area (Å²) in [6.07, 6.45) is 1.52. The largest absolute Gasteiger partial charge is 0.493 e. The van der Waals surface area contributed by atoms with Crippen LogP contribution in [0, 0.1) is 0 Å². The van der Waals surface area contributed by atoms with Gasteiger partial charge in [0.15, 0.2) is 11.5 Å². The van der Waals surface area contributed by atoms with Crippen LogP contribution in [0.1, 0.15) is 41.9 Å². The Bertz CT molecular complexity index is 1190. The third-order valence-corrected chi connectivity index (χ3v) is 5.04. The molecule has 8 heteroatoms. The predicted molar refractivity (Wildman–Crippen MR) is 123 cm³/mol. The average molecular weight is 437 g/mol. The second-order valence-electron chi connectivity index (χ2n) is 7.10. The van der Waals surface area contributed by atoms with Crippen molar-refractivity contribution >= 4 is 17.4 Å². The number of rotatable bonds is 8. The van der Waals surface area contributed by atoms with Gasteiger partial charge in [-0.2, -0.15) is 0 Å². The highest BCUT2D eigenvalue weighted by molar-refractivity contribution is 6.03. The number of carbonyl (C=O) groups excluding carboxylic acids is 1. The second kappa shape index (κ2) is 10.00. The minimum Gasteiger partial charge on any atom is -0.493 e. The summed E-state index contributed by atoms with van der Waals surface area (Å²) in [7, 11) is 4.28. The molecule has 0 unspecified atom stereocenters. The summed E-state index contributed by atoms with van der Waals surface area (Å²) in [5.74, 6) is 0.225. The SMILES string of the molecule is CCCc1[nH]n(-c2ccccc2)c(=O)c1C(C)=Nc1cc(OC)c(OC)cc1C(=O)OC. The fraction of sp³-hybridized carbons (Fsp3) is 0.292. The first-order valence-corrected chi connectivity index (χ1v) is 10.2. The van der Waals surface area contributed by atoms with E-state index in [1.165, 1.54) is 32.1 Å². The molecule has 0 atom stereocenters. The molecule has 0 fully saturated rings. The van der Waals surface area contributed by atoms with Gasteiger partial charge in [0.25, 0.3) is 5.56 Å². The highest BCUT2D eigenvalue weighted by Crippen LogP contribution is 2.35. The number of aromatic nitrogens is 2. The van der Waals surface area contributed by atoms with E-state index in [4.69, 9.17) is 14.2 Å². The van der Waals surface area contributed by atoms with Crippen molar-refractivity contribution < 1.29 is 19.0 Å². The summed E-state index contributed by atoms with van der Waals surface area (Å²) in [4.78, 5) is 30.3. The maximum Gasteiger partial charge on any atom is 0.340 e. The lowest BCUT2D eigenvalue weighted by atomic mass is 10.1. The number of hydrogen-bond acceptors (Lipinski definition) is 6. The lowest BCUT2D eigenvalue weighted by Gasteiger charge is -2.12. The van der Waals surface area contributed by atoms with Crippen LogP contribution < -0.4 is 15.0 Å². The zero-order valence-electron chi connectivity index (χ0n) is 18.9. The van der Waals surface area contributed by atoms with E-state index >= 15 is 0 Å². The van der Waals surface area contributed by atoms with Gasteiger partial charge >= 0.3 is 5.97 Å². The second-order valence-corrected chi connectivity index (χ2v) is 7.10. The monoisotopic (exact) mass is 437 g/mol.